The van der Waals surface area contributed by atoms with Gasteiger partial charge < -0.3 is 19.7 Å². The standard InChI is InChI=1S/C27H40O6/c1-13-11-20(32-24(30)14(13)2)15(3)17-5-6-18-16-12-23-27(33-23)22(29)8-7-21(28)26(27,31)19(16)9-10-25(17,18)4/h13-20,22-23,29,31H,5-12H2,1-4H3/t13-,14+,15-,16-,17+,18-,19-,20+,22-,23+,25+,26+,27+/m0/s1. The van der Waals surface area contributed by atoms with Crippen molar-refractivity contribution in [2.45, 2.75) is 109 Å². The van der Waals surface area contributed by atoms with Crippen molar-refractivity contribution >= 4 is 11.8 Å². The monoisotopic (exact) mass is 460 g/mol. The Hall–Kier alpha value is -0.980. The van der Waals surface area contributed by atoms with Gasteiger partial charge in [-0.1, -0.05) is 27.7 Å². The average Bonchev–Trinajstić information content (AvgIpc) is 3.41. The minimum Gasteiger partial charge on any atom is -0.462 e. The molecule has 0 amide bonds. The van der Waals surface area contributed by atoms with Crippen LogP contribution in [0.1, 0.15) is 79.1 Å². The summed E-state index contributed by atoms with van der Waals surface area (Å²) in [5.74, 6) is 1.46. The van der Waals surface area contributed by atoms with Gasteiger partial charge in [0.1, 0.15) is 6.10 Å². The van der Waals surface area contributed by atoms with Crippen molar-refractivity contribution in [2.75, 3.05) is 0 Å². The van der Waals surface area contributed by atoms with Crippen molar-refractivity contribution < 1.29 is 29.3 Å². The summed E-state index contributed by atoms with van der Waals surface area (Å²) in [7, 11) is 0. The summed E-state index contributed by atoms with van der Waals surface area (Å²) in [4.78, 5) is 25.6. The molecule has 0 aromatic carbocycles. The molecule has 6 heteroatoms. The highest BCUT2D eigenvalue weighted by Crippen LogP contribution is 2.71. The van der Waals surface area contributed by atoms with Crippen LogP contribution in [0.3, 0.4) is 0 Å². The second-order valence-corrected chi connectivity index (χ2v) is 12.8. The summed E-state index contributed by atoms with van der Waals surface area (Å²) >= 11 is 0. The molecule has 0 radical (unpaired) electrons. The van der Waals surface area contributed by atoms with E-state index >= 15 is 0 Å². The van der Waals surface area contributed by atoms with Crippen LogP contribution in [0.2, 0.25) is 0 Å². The highest BCUT2D eigenvalue weighted by molar-refractivity contribution is 5.91. The molecule has 0 aromatic rings. The van der Waals surface area contributed by atoms with Crippen molar-refractivity contribution in [1.82, 2.24) is 0 Å². The third kappa shape index (κ3) is 2.66. The first kappa shape index (κ1) is 22.5. The molecule has 6 nitrogen and oxygen atoms in total. The highest BCUT2D eigenvalue weighted by atomic mass is 16.6. The maximum absolute atomic E-state index is 13.1. The van der Waals surface area contributed by atoms with Gasteiger partial charge in [0.15, 0.2) is 17.0 Å². The van der Waals surface area contributed by atoms with E-state index in [9.17, 15) is 19.8 Å². The molecule has 13 atom stereocenters. The van der Waals surface area contributed by atoms with Crippen LogP contribution >= 0.6 is 0 Å². The van der Waals surface area contributed by atoms with E-state index in [4.69, 9.17) is 9.47 Å². The Bertz CT molecular complexity index is 873. The molecule has 2 N–H and O–H groups in total. The molecule has 33 heavy (non-hydrogen) atoms. The van der Waals surface area contributed by atoms with Gasteiger partial charge in [-0.3, -0.25) is 9.59 Å². The minimum atomic E-state index is -1.53. The lowest BCUT2D eigenvalue weighted by molar-refractivity contribution is -0.197. The van der Waals surface area contributed by atoms with Gasteiger partial charge in [-0.15, -0.1) is 0 Å². The number of esters is 1. The van der Waals surface area contributed by atoms with Crippen LogP contribution in [-0.2, 0) is 19.1 Å². The maximum Gasteiger partial charge on any atom is 0.309 e. The van der Waals surface area contributed by atoms with E-state index in [1.807, 2.05) is 6.92 Å². The van der Waals surface area contributed by atoms with Crippen LogP contribution in [0.25, 0.3) is 0 Å². The molecule has 0 aromatic heterocycles. The van der Waals surface area contributed by atoms with Crippen molar-refractivity contribution in [3.8, 4) is 0 Å². The Labute approximate surface area is 196 Å². The number of cyclic esters (lactones) is 1. The van der Waals surface area contributed by atoms with Gasteiger partial charge in [0, 0.05) is 12.3 Å². The number of epoxide rings is 1. The number of ether oxygens (including phenoxy) is 2. The zero-order valence-electron chi connectivity index (χ0n) is 20.5. The summed E-state index contributed by atoms with van der Waals surface area (Å²) in [6.07, 6.45) is 5.39. The van der Waals surface area contributed by atoms with Crippen LogP contribution in [-0.4, -0.2) is 51.5 Å². The van der Waals surface area contributed by atoms with Crippen LogP contribution in [0.5, 0.6) is 0 Å². The third-order valence-electron chi connectivity index (χ3n) is 11.8. The van der Waals surface area contributed by atoms with E-state index < -0.39 is 17.3 Å². The van der Waals surface area contributed by atoms with Crippen molar-refractivity contribution in [2.24, 2.45) is 46.8 Å². The lowest BCUT2D eigenvalue weighted by atomic mass is 9.47. The zero-order valence-corrected chi connectivity index (χ0v) is 20.5. The molecule has 2 saturated heterocycles. The van der Waals surface area contributed by atoms with Crippen LogP contribution in [0, 0.1) is 46.8 Å². The fourth-order valence-electron chi connectivity index (χ4n) is 9.67. The number of fused-ring (bicyclic) bond motifs is 4. The molecule has 2 aliphatic heterocycles. The molecule has 6 rings (SSSR count). The SMILES string of the molecule is C[C@@H]([C@H]1CC[C@H]2[C@@H]3C[C@H]4O[C@]45[C@@H](O)CCC(=O)[C@]5(O)[C@H]3CC[C@]12C)[C@H]1C[C@H](C)[C@@H](C)C(=O)O1. The van der Waals surface area contributed by atoms with Gasteiger partial charge in [-0.05, 0) is 80.0 Å². The molecule has 6 fully saturated rings. The molecule has 0 unspecified atom stereocenters. The summed E-state index contributed by atoms with van der Waals surface area (Å²) < 4.78 is 12.0. The Balaban J connectivity index is 1.27. The fourth-order valence-corrected chi connectivity index (χ4v) is 9.67. The number of ketones is 1. The lowest BCUT2D eigenvalue weighted by Crippen LogP contribution is -2.70. The van der Waals surface area contributed by atoms with E-state index in [0.717, 1.165) is 38.5 Å². The van der Waals surface area contributed by atoms with Gasteiger partial charge in [0.05, 0.1) is 18.1 Å². The van der Waals surface area contributed by atoms with E-state index in [1.165, 1.54) is 0 Å². The number of hydrogen-bond donors (Lipinski definition) is 2. The second kappa shape index (κ2) is 7.04. The van der Waals surface area contributed by atoms with Crippen molar-refractivity contribution in [3.63, 3.8) is 0 Å². The number of hydrogen-bond acceptors (Lipinski definition) is 6. The number of carbonyl (C=O) groups excluding carboxylic acids is 2. The summed E-state index contributed by atoms with van der Waals surface area (Å²) in [6.45, 7) is 8.82. The Morgan fingerprint density at radius 3 is 2.55 bits per heavy atom. The molecule has 6 aliphatic rings. The quantitative estimate of drug-likeness (QED) is 0.485. The van der Waals surface area contributed by atoms with Gasteiger partial charge in [0.25, 0.3) is 0 Å². The summed E-state index contributed by atoms with van der Waals surface area (Å²) in [5.41, 5.74) is -2.47. The molecule has 4 saturated carbocycles. The van der Waals surface area contributed by atoms with E-state index in [-0.39, 0.29) is 53.6 Å². The smallest absolute Gasteiger partial charge is 0.309 e. The molecule has 4 aliphatic carbocycles. The molecule has 184 valence electrons. The van der Waals surface area contributed by atoms with Crippen molar-refractivity contribution in [1.29, 1.82) is 0 Å². The second-order valence-electron chi connectivity index (χ2n) is 12.8. The van der Waals surface area contributed by atoms with Crippen molar-refractivity contribution in [3.05, 3.63) is 0 Å². The molecular weight excluding hydrogens is 420 g/mol. The Kier molecular flexibility index (Phi) is 4.80. The predicted molar refractivity (Wildman–Crippen MR) is 120 cm³/mol. The van der Waals surface area contributed by atoms with Crippen LogP contribution in [0.15, 0.2) is 0 Å². The van der Waals surface area contributed by atoms with E-state index in [2.05, 4.69) is 20.8 Å². The minimum absolute atomic E-state index is 0.0213. The average molecular weight is 461 g/mol. The molecule has 0 bridgehead atoms. The van der Waals surface area contributed by atoms with Crippen LogP contribution in [0.4, 0.5) is 0 Å². The van der Waals surface area contributed by atoms with Gasteiger partial charge in [0.2, 0.25) is 0 Å². The molecular formula is C27H40O6. The fraction of sp³-hybridized carbons (Fsp3) is 0.926. The number of Topliss-reactive ketones (excluding diaryl/α,β-unsaturated/α-hetero) is 1. The number of rotatable bonds is 2. The Morgan fingerprint density at radius 1 is 1.06 bits per heavy atom. The van der Waals surface area contributed by atoms with Gasteiger partial charge in [-0.25, -0.2) is 0 Å². The summed E-state index contributed by atoms with van der Waals surface area (Å²) in [5, 5.41) is 22.7. The normalized spacial score (nSPS) is 58.4. The zero-order chi connectivity index (χ0) is 23.5. The van der Waals surface area contributed by atoms with Gasteiger partial charge >= 0.3 is 5.97 Å². The topological polar surface area (TPSA) is 96.4 Å². The maximum atomic E-state index is 13.1. The Morgan fingerprint density at radius 2 is 1.82 bits per heavy atom. The predicted octanol–water partition coefficient (Wildman–Crippen LogP) is 3.27. The first-order valence-corrected chi connectivity index (χ1v) is 13.4. The van der Waals surface area contributed by atoms with Crippen LogP contribution < -0.4 is 0 Å². The molecule has 1 spiro atoms. The van der Waals surface area contributed by atoms with E-state index in [1.54, 1.807) is 0 Å². The first-order chi connectivity index (χ1) is 15.6. The first-order valence-electron chi connectivity index (χ1n) is 13.4. The van der Waals surface area contributed by atoms with Gasteiger partial charge in [-0.2, -0.15) is 0 Å². The highest BCUT2D eigenvalue weighted by Gasteiger charge is 2.82. The molecule has 2 heterocycles. The lowest BCUT2D eigenvalue weighted by Gasteiger charge is -2.58. The number of aliphatic hydroxyl groups is 2. The number of aliphatic hydroxyl groups excluding tert-OH is 1. The number of carbonyl (C=O) groups is 2. The summed E-state index contributed by atoms with van der Waals surface area (Å²) in [6, 6.07) is 0. The van der Waals surface area contributed by atoms with E-state index in [0.29, 0.717) is 30.1 Å². The largest absolute Gasteiger partial charge is 0.462 e. The third-order valence-corrected chi connectivity index (χ3v) is 11.8.